The van der Waals surface area contributed by atoms with Crippen LogP contribution in [0.25, 0.3) is 16.9 Å². The Kier molecular flexibility index (Phi) is 8.83. The van der Waals surface area contributed by atoms with E-state index in [9.17, 15) is 4.79 Å². The van der Waals surface area contributed by atoms with E-state index in [1.54, 1.807) is 11.1 Å². The van der Waals surface area contributed by atoms with E-state index in [0.29, 0.717) is 28.3 Å². The highest BCUT2D eigenvalue weighted by Gasteiger charge is 2.49. The maximum Gasteiger partial charge on any atom is 0.239 e. The van der Waals surface area contributed by atoms with E-state index in [2.05, 4.69) is 42.3 Å². The molecule has 0 bridgehead atoms. The van der Waals surface area contributed by atoms with Gasteiger partial charge in [-0.3, -0.25) is 9.78 Å². The van der Waals surface area contributed by atoms with Crippen molar-refractivity contribution in [3.63, 3.8) is 0 Å². The van der Waals surface area contributed by atoms with Crippen LogP contribution in [-0.2, 0) is 11.2 Å². The fourth-order valence-electron chi connectivity index (χ4n) is 5.97. The van der Waals surface area contributed by atoms with Gasteiger partial charge in [-0.1, -0.05) is 67.4 Å². The number of nitrogens with zero attached hydrogens (tertiary/aromatic N) is 4. The molecular formula is C33H37Cl2N5O. The van der Waals surface area contributed by atoms with Crippen LogP contribution in [0.1, 0.15) is 43.9 Å². The molecule has 0 aliphatic heterocycles. The SMILES string of the molecule is CN(C)C(=O)[C@H](Cc1ccccc1)NCC[C@H]1C[C@@H](c2cc(-c3cccnc3)nn2-c2ccc(Cl)c(Cl)c2)C1(C)C. The summed E-state index contributed by atoms with van der Waals surface area (Å²) in [7, 11) is 3.64. The number of likely N-dealkylation sites (N-methyl/N-ethyl adjacent to an activating group) is 1. The lowest BCUT2D eigenvalue weighted by atomic mass is 9.53. The largest absolute Gasteiger partial charge is 0.347 e. The Hall–Kier alpha value is -3.19. The van der Waals surface area contributed by atoms with Gasteiger partial charge in [-0.2, -0.15) is 5.10 Å². The molecule has 5 rings (SSSR count). The summed E-state index contributed by atoms with van der Waals surface area (Å²) in [5, 5.41) is 9.59. The van der Waals surface area contributed by atoms with Gasteiger partial charge in [0.2, 0.25) is 5.91 Å². The minimum atomic E-state index is -0.246. The van der Waals surface area contributed by atoms with Gasteiger partial charge >= 0.3 is 0 Å². The fourth-order valence-corrected chi connectivity index (χ4v) is 6.26. The molecule has 0 saturated heterocycles. The van der Waals surface area contributed by atoms with Crippen molar-refractivity contribution in [2.75, 3.05) is 20.6 Å². The van der Waals surface area contributed by atoms with E-state index in [1.165, 1.54) is 0 Å². The Labute approximate surface area is 252 Å². The molecule has 1 aliphatic rings. The Morgan fingerprint density at radius 3 is 2.51 bits per heavy atom. The molecule has 1 saturated carbocycles. The van der Waals surface area contributed by atoms with Crippen molar-refractivity contribution < 1.29 is 4.79 Å². The average Bonchev–Trinajstić information content (AvgIpc) is 3.40. The monoisotopic (exact) mass is 589 g/mol. The Morgan fingerprint density at radius 1 is 1.07 bits per heavy atom. The fraction of sp³-hybridized carbons (Fsp3) is 0.364. The summed E-state index contributed by atoms with van der Waals surface area (Å²) < 4.78 is 2.01. The first-order valence-electron chi connectivity index (χ1n) is 14.1. The van der Waals surface area contributed by atoms with Crippen LogP contribution < -0.4 is 5.32 Å². The van der Waals surface area contributed by atoms with Gasteiger partial charge in [-0.05, 0) is 79.1 Å². The third-order valence-electron chi connectivity index (χ3n) is 8.57. The molecular weight excluding hydrogens is 553 g/mol. The molecule has 1 fully saturated rings. The molecule has 2 aromatic heterocycles. The van der Waals surface area contributed by atoms with E-state index in [-0.39, 0.29) is 17.4 Å². The van der Waals surface area contributed by atoms with Crippen molar-refractivity contribution in [3.05, 3.63) is 100 Å². The van der Waals surface area contributed by atoms with Crippen LogP contribution in [0.4, 0.5) is 0 Å². The molecule has 1 N–H and O–H groups in total. The van der Waals surface area contributed by atoms with Crippen LogP contribution in [0.3, 0.4) is 0 Å². The molecule has 0 unspecified atom stereocenters. The van der Waals surface area contributed by atoms with Gasteiger partial charge < -0.3 is 10.2 Å². The van der Waals surface area contributed by atoms with Crippen molar-refractivity contribution in [2.45, 2.75) is 45.1 Å². The number of carbonyl (C=O) groups excluding carboxylic acids is 1. The predicted molar refractivity (Wildman–Crippen MR) is 167 cm³/mol. The molecule has 0 spiro atoms. The van der Waals surface area contributed by atoms with Crippen molar-refractivity contribution in [1.29, 1.82) is 0 Å². The lowest BCUT2D eigenvalue weighted by Gasteiger charge is -2.52. The molecule has 2 aromatic carbocycles. The summed E-state index contributed by atoms with van der Waals surface area (Å²) >= 11 is 12.6. The molecule has 4 aromatic rings. The van der Waals surface area contributed by atoms with E-state index >= 15 is 0 Å². The average molecular weight is 591 g/mol. The van der Waals surface area contributed by atoms with E-state index < -0.39 is 0 Å². The lowest BCUT2D eigenvalue weighted by Crippen LogP contribution is -2.48. The number of rotatable bonds is 10. The quantitative estimate of drug-likeness (QED) is 0.215. The van der Waals surface area contributed by atoms with Crippen LogP contribution in [-0.4, -0.2) is 52.3 Å². The van der Waals surface area contributed by atoms with E-state index in [0.717, 1.165) is 47.6 Å². The first-order valence-corrected chi connectivity index (χ1v) is 14.8. The van der Waals surface area contributed by atoms with Gasteiger partial charge in [0.15, 0.2) is 0 Å². The van der Waals surface area contributed by atoms with Gasteiger partial charge in [-0.15, -0.1) is 0 Å². The topological polar surface area (TPSA) is 63.1 Å². The first kappa shape index (κ1) is 29.3. The van der Waals surface area contributed by atoms with Crippen molar-refractivity contribution in [1.82, 2.24) is 25.0 Å². The Bertz CT molecular complexity index is 1490. The summed E-state index contributed by atoms with van der Waals surface area (Å²) in [6, 6.07) is 21.7. The standard InChI is InChI=1S/C33H37Cl2N5O/c1-33(2)24(14-16-37-30(32(41)39(3)4)17-22-9-6-5-7-10-22)18-26(33)31-20-29(23-11-8-15-36-21-23)38-40(31)25-12-13-27(34)28(35)19-25/h5-13,15,19-21,24,26,30,37H,14,16-18H2,1-4H3/t24-,26-,30-/m0/s1. The zero-order valence-corrected chi connectivity index (χ0v) is 25.5. The number of pyridine rings is 1. The maximum atomic E-state index is 12.9. The number of hydrogen-bond donors (Lipinski definition) is 1. The number of amides is 1. The second-order valence-corrected chi connectivity index (χ2v) is 12.5. The second-order valence-electron chi connectivity index (χ2n) is 11.7. The van der Waals surface area contributed by atoms with E-state index in [4.69, 9.17) is 28.3 Å². The van der Waals surface area contributed by atoms with Crippen LogP contribution in [0.15, 0.2) is 79.1 Å². The van der Waals surface area contributed by atoms with Gasteiger partial charge in [-0.25, -0.2) is 4.68 Å². The summed E-state index contributed by atoms with van der Waals surface area (Å²) in [5.74, 6) is 0.919. The number of halogens is 2. The number of carbonyl (C=O) groups is 1. The van der Waals surface area contributed by atoms with Gasteiger partial charge in [0, 0.05) is 43.7 Å². The lowest BCUT2D eigenvalue weighted by molar-refractivity contribution is -0.130. The van der Waals surface area contributed by atoms with Gasteiger partial charge in [0.25, 0.3) is 0 Å². The van der Waals surface area contributed by atoms with Crippen LogP contribution >= 0.6 is 23.2 Å². The molecule has 3 atom stereocenters. The summed E-state index contributed by atoms with van der Waals surface area (Å²) in [5.41, 5.74) is 5.09. The zero-order chi connectivity index (χ0) is 29.1. The zero-order valence-electron chi connectivity index (χ0n) is 24.0. The molecule has 1 aliphatic carbocycles. The van der Waals surface area contributed by atoms with Crippen molar-refractivity contribution >= 4 is 29.1 Å². The van der Waals surface area contributed by atoms with Crippen molar-refractivity contribution in [2.24, 2.45) is 11.3 Å². The predicted octanol–water partition coefficient (Wildman–Crippen LogP) is 7.05. The van der Waals surface area contributed by atoms with Crippen LogP contribution in [0.5, 0.6) is 0 Å². The number of benzene rings is 2. The Morgan fingerprint density at radius 2 is 1.85 bits per heavy atom. The number of aromatic nitrogens is 3. The van der Waals surface area contributed by atoms with Crippen LogP contribution in [0.2, 0.25) is 10.0 Å². The smallest absolute Gasteiger partial charge is 0.239 e. The number of nitrogens with one attached hydrogen (secondary N) is 1. The van der Waals surface area contributed by atoms with Gasteiger partial charge in [0.05, 0.1) is 27.5 Å². The van der Waals surface area contributed by atoms with E-state index in [1.807, 2.05) is 73.5 Å². The first-order chi connectivity index (χ1) is 19.6. The maximum absolute atomic E-state index is 12.9. The molecule has 41 heavy (non-hydrogen) atoms. The summed E-state index contributed by atoms with van der Waals surface area (Å²) in [6.45, 7) is 5.47. The highest BCUT2D eigenvalue weighted by atomic mass is 35.5. The highest BCUT2D eigenvalue weighted by molar-refractivity contribution is 6.42. The highest BCUT2D eigenvalue weighted by Crippen LogP contribution is 2.58. The minimum Gasteiger partial charge on any atom is -0.347 e. The third-order valence-corrected chi connectivity index (χ3v) is 9.31. The molecule has 0 radical (unpaired) electrons. The second kappa shape index (κ2) is 12.4. The summed E-state index contributed by atoms with van der Waals surface area (Å²) in [4.78, 5) is 18.9. The minimum absolute atomic E-state index is 0.0440. The molecule has 6 nitrogen and oxygen atoms in total. The van der Waals surface area contributed by atoms with Crippen molar-refractivity contribution in [3.8, 4) is 16.9 Å². The number of hydrogen-bond acceptors (Lipinski definition) is 4. The normalized spacial score (nSPS) is 18.5. The Balaban J connectivity index is 1.32. The molecule has 8 heteroatoms. The molecule has 214 valence electrons. The van der Waals surface area contributed by atoms with Crippen LogP contribution in [0, 0.1) is 11.3 Å². The summed E-state index contributed by atoms with van der Waals surface area (Å²) in [6.07, 6.45) is 6.32. The van der Waals surface area contributed by atoms with Gasteiger partial charge in [0.1, 0.15) is 0 Å². The molecule has 2 heterocycles. The molecule has 1 amide bonds. The third kappa shape index (κ3) is 6.35.